The van der Waals surface area contributed by atoms with E-state index >= 15 is 0 Å². The van der Waals surface area contributed by atoms with Gasteiger partial charge in [-0.2, -0.15) is 0 Å². The number of rotatable bonds is 5. The van der Waals surface area contributed by atoms with Crippen LogP contribution in [0.1, 0.15) is 37.3 Å². The van der Waals surface area contributed by atoms with Crippen LogP contribution in [0.2, 0.25) is 0 Å². The highest BCUT2D eigenvalue weighted by molar-refractivity contribution is 5.79. The molecule has 2 unspecified atom stereocenters. The van der Waals surface area contributed by atoms with Gasteiger partial charge in [-0.05, 0) is 48.4 Å². The van der Waals surface area contributed by atoms with Crippen LogP contribution in [0.3, 0.4) is 0 Å². The molecule has 0 aliphatic heterocycles. The number of hydrogen-bond acceptors (Lipinski definition) is 1. The summed E-state index contributed by atoms with van der Waals surface area (Å²) in [5.41, 5.74) is 4.02. The molecule has 2 atom stereocenters. The molecule has 1 N–H and O–H groups in total. The first-order chi connectivity index (χ1) is 10.9. The van der Waals surface area contributed by atoms with Crippen molar-refractivity contribution in [2.45, 2.75) is 32.2 Å². The second-order valence-corrected chi connectivity index (χ2v) is 6.14. The maximum atomic E-state index is 3.60. The highest BCUT2D eigenvalue weighted by atomic mass is 14.9. The number of allylic oxidation sites excluding steroid dienone is 1. The van der Waals surface area contributed by atoms with E-state index < -0.39 is 0 Å². The SMILES string of the molecule is CCNC1CCC(C=C(c2ccccc2)c2ccccc2)C1. The lowest BCUT2D eigenvalue weighted by Crippen LogP contribution is -2.25. The Hall–Kier alpha value is -1.86. The Morgan fingerprint density at radius 1 is 0.955 bits per heavy atom. The molecule has 0 spiro atoms. The number of benzene rings is 2. The van der Waals surface area contributed by atoms with Gasteiger partial charge in [0.05, 0.1) is 0 Å². The summed E-state index contributed by atoms with van der Waals surface area (Å²) in [4.78, 5) is 0. The van der Waals surface area contributed by atoms with Gasteiger partial charge in [0.2, 0.25) is 0 Å². The lowest BCUT2D eigenvalue weighted by atomic mass is 9.93. The summed E-state index contributed by atoms with van der Waals surface area (Å²) < 4.78 is 0. The van der Waals surface area contributed by atoms with Crippen molar-refractivity contribution in [3.63, 3.8) is 0 Å². The van der Waals surface area contributed by atoms with Crippen molar-refractivity contribution in [2.75, 3.05) is 6.54 Å². The minimum atomic E-state index is 0.680. The zero-order valence-electron chi connectivity index (χ0n) is 13.3. The second-order valence-electron chi connectivity index (χ2n) is 6.14. The lowest BCUT2D eigenvalue weighted by molar-refractivity contribution is 0.530. The van der Waals surface area contributed by atoms with Crippen molar-refractivity contribution >= 4 is 5.57 Å². The molecular weight excluding hydrogens is 266 g/mol. The standard InChI is InChI=1S/C21H25N/c1-2-22-20-14-13-17(15-20)16-21(18-9-5-3-6-10-18)19-11-7-4-8-12-19/h3-12,16-17,20,22H,2,13-15H2,1H3. The molecule has 1 saturated carbocycles. The first-order valence-corrected chi connectivity index (χ1v) is 8.43. The van der Waals surface area contributed by atoms with E-state index in [1.54, 1.807) is 0 Å². The maximum Gasteiger partial charge on any atom is 0.00727 e. The van der Waals surface area contributed by atoms with E-state index in [2.05, 4.69) is 79.0 Å². The molecule has 0 aromatic heterocycles. The predicted octanol–water partition coefficient (Wildman–Crippen LogP) is 4.90. The van der Waals surface area contributed by atoms with Gasteiger partial charge < -0.3 is 5.32 Å². The summed E-state index contributed by atoms with van der Waals surface area (Å²) in [5, 5.41) is 3.60. The van der Waals surface area contributed by atoms with Gasteiger partial charge in [0, 0.05) is 6.04 Å². The van der Waals surface area contributed by atoms with E-state index in [9.17, 15) is 0 Å². The first-order valence-electron chi connectivity index (χ1n) is 8.43. The zero-order valence-corrected chi connectivity index (χ0v) is 13.3. The van der Waals surface area contributed by atoms with Crippen molar-refractivity contribution in [2.24, 2.45) is 5.92 Å². The van der Waals surface area contributed by atoms with E-state index in [1.165, 1.54) is 36.0 Å². The van der Waals surface area contributed by atoms with Crippen LogP contribution in [0, 0.1) is 5.92 Å². The number of hydrogen-bond donors (Lipinski definition) is 1. The molecule has 0 radical (unpaired) electrons. The quantitative estimate of drug-likeness (QED) is 0.826. The normalized spacial score (nSPS) is 20.8. The van der Waals surface area contributed by atoms with E-state index in [-0.39, 0.29) is 0 Å². The summed E-state index contributed by atoms with van der Waals surface area (Å²) in [7, 11) is 0. The maximum absolute atomic E-state index is 3.60. The molecule has 3 rings (SSSR count). The average Bonchev–Trinajstić information content (AvgIpc) is 3.02. The smallest absolute Gasteiger partial charge is 0.00727 e. The van der Waals surface area contributed by atoms with Crippen LogP contribution in [0.5, 0.6) is 0 Å². The summed E-state index contributed by atoms with van der Waals surface area (Å²) >= 11 is 0. The van der Waals surface area contributed by atoms with Gasteiger partial charge in [0.15, 0.2) is 0 Å². The molecule has 1 aliphatic rings. The van der Waals surface area contributed by atoms with Gasteiger partial charge in [-0.3, -0.25) is 0 Å². The molecule has 1 fully saturated rings. The molecule has 114 valence electrons. The monoisotopic (exact) mass is 291 g/mol. The van der Waals surface area contributed by atoms with Crippen molar-refractivity contribution in [3.05, 3.63) is 77.9 Å². The molecule has 1 nitrogen and oxygen atoms in total. The molecule has 1 heteroatoms. The zero-order chi connectivity index (χ0) is 15.2. The Morgan fingerprint density at radius 3 is 2.09 bits per heavy atom. The van der Waals surface area contributed by atoms with Crippen LogP contribution in [0.4, 0.5) is 0 Å². The first kappa shape index (κ1) is 15.1. The highest BCUT2D eigenvalue weighted by Gasteiger charge is 2.23. The molecule has 0 saturated heterocycles. The molecule has 2 aromatic carbocycles. The van der Waals surface area contributed by atoms with E-state index in [4.69, 9.17) is 0 Å². The highest BCUT2D eigenvalue weighted by Crippen LogP contribution is 2.32. The third kappa shape index (κ3) is 3.66. The fourth-order valence-electron chi connectivity index (χ4n) is 3.47. The predicted molar refractivity (Wildman–Crippen MR) is 94.8 cm³/mol. The van der Waals surface area contributed by atoms with Crippen LogP contribution in [0.15, 0.2) is 66.7 Å². The van der Waals surface area contributed by atoms with Crippen molar-refractivity contribution in [1.29, 1.82) is 0 Å². The van der Waals surface area contributed by atoms with E-state index in [0.29, 0.717) is 12.0 Å². The van der Waals surface area contributed by atoms with E-state index in [0.717, 1.165) is 6.54 Å². The Bertz CT molecular complexity index is 559. The Balaban J connectivity index is 1.88. The second kappa shape index (κ2) is 7.42. The molecular formula is C21H25N. The van der Waals surface area contributed by atoms with Crippen molar-refractivity contribution < 1.29 is 0 Å². The minimum Gasteiger partial charge on any atom is -0.314 e. The van der Waals surface area contributed by atoms with Crippen LogP contribution >= 0.6 is 0 Å². The van der Waals surface area contributed by atoms with Crippen LogP contribution in [-0.4, -0.2) is 12.6 Å². The number of nitrogens with one attached hydrogen (secondary N) is 1. The summed E-state index contributed by atoms with van der Waals surface area (Å²) in [5.74, 6) is 0.680. The van der Waals surface area contributed by atoms with Crippen LogP contribution < -0.4 is 5.32 Å². The minimum absolute atomic E-state index is 0.680. The molecule has 0 bridgehead atoms. The largest absolute Gasteiger partial charge is 0.314 e. The lowest BCUT2D eigenvalue weighted by Gasteiger charge is -2.13. The Morgan fingerprint density at radius 2 is 1.55 bits per heavy atom. The van der Waals surface area contributed by atoms with Gasteiger partial charge in [0.25, 0.3) is 0 Å². The molecule has 1 aliphatic carbocycles. The van der Waals surface area contributed by atoms with Gasteiger partial charge in [-0.1, -0.05) is 73.7 Å². The molecule has 0 heterocycles. The van der Waals surface area contributed by atoms with Gasteiger partial charge in [0.1, 0.15) is 0 Å². The topological polar surface area (TPSA) is 12.0 Å². The third-order valence-corrected chi connectivity index (χ3v) is 4.54. The van der Waals surface area contributed by atoms with Gasteiger partial charge >= 0.3 is 0 Å². The third-order valence-electron chi connectivity index (χ3n) is 4.54. The molecule has 2 aromatic rings. The van der Waals surface area contributed by atoms with Gasteiger partial charge in [-0.25, -0.2) is 0 Å². The van der Waals surface area contributed by atoms with Crippen molar-refractivity contribution in [1.82, 2.24) is 5.32 Å². The average molecular weight is 291 g/mol. The molecule has 22 heavy (non-hydrogen) atoms. The summed E-state index contributed by atoms with van der Waals surface area (Å²) in [6.07, 6.45) is 6.35. The van der Waals surface area contributed by atoms with Crippen LogP contribution in [0.25, 0.3) is 5.57 Å². The Kier molecular flexibility index (Phi) is 5.07. The summed E-state index contributed by atoms with van der Waals surface area (Å²) in [6, 6.07) is 22.2. The van der Waals surface area contributed by atoms with E-state index in [1.807, 2.05) is 0 Å². The van der Waals surface area contributed by atoms with Crippen molar-refractivity contribution in [3.8, 4) is 0 Å². The summed E-state index contributed by atoms with van der Waals surface area (Å²) in [6.45, 7) is 3.27. The fraction of sp³-hybridized carbons (Fsp3) is 0.333. The molecule has 0 amide bonds. The fourth-order valence-corrected chi connectivity index (χ4v) is 3.47. The van der Waals surface area contributed by atoms with Gasteiger partial charge in [-0.15, -0.1) is 0 Å². The Labute approximate surface area is 134 Å². The van der Waals surface area contributed by atoms with Crippen LogP contribution in [-0.2, 0) is 0 Å².